The lowest BCUT2D eigenvalue weighted by Gasteiger charge is -2.71. The Balaban J connectivity index is 1.27. The van der Waals surface area contributed by atoms with Crippen molar-refractivity contribution in [2.45, 2.75) is 83.1 Å². The molecule has 8 rings (SSSR count). The Labute approximate surface area is 309 Å². The van der Waals surface area contributed by atoms with Crippen LogP contribution in [0.4, 0.5) is 23.7 Å². The number of hydrogen-bond donors (Lipinski definition) is 3. The van der Waals surface area contributed by atoms with Gasteiger partial charge in [-0.2, -0.15) is 13.2 Å². The van der Waals surface area contributed by atoms with E-state index in [-0.39, 0.29) is 35.4 Å². The van der Waals surface area contributed by atoms with Crippen LogP contribution in [0.25, 0.3) is 0 Å². The number of nitrogens with one attached hydrogen (secondary N) is 1. The molecule has 2 aromatic carbocycles. The van der Waals surface area contributed by atoms with Gasteiger partial charge >= 0.3 is 12.2 Å². The predicted octanol–water partition coefficient (Wildman–Crippen LogP) is 8.06. The minimum atomic E-state index is -4.61. The summed E-state index contributed by atoms with van der Waals surface area (Å²) in [5.41, 5.74) is -3.68. The van der Waals surface area contributed by atoms with Crippen molar-refractivity contribution in [3.63, 3.8) is 0 Å². The number of aliphatic hydroxyl groups excluding tert-OH is 1. The molecule has 6 aliphatic carbocycles. The molecule has 0 aromatic heterocycles. The molecule has 0 heterocycles. The van der Waals surface area contributed by atoms with E-state index in [4.69, 9.17) is 9.47 Å². The number of hydrogen-bond acceptors (Lipinski definition) is 6. The number of ketones is 1. The van der Waals surface area contributed by atoms with Crippen LogP contribution >= 0.6 is 0 Å². The van der Waals surface area contributed by atoms with Crippen molar-refractivity contribution >= 4 is 17.5 Å². The summed E-state index contributed by atoms with van der Waals surface area (Å²) in [4.78, 5) is 30.3. The number of methoxy groups -OCH3 is 2. The second kappa shape index (κ2) is 13.3. The fourth-order valence-electron chi connectivity index (χ4n) is 11.4. The van der Waals surface area contributed by atoms with E-state index in [0.29, 0.717) is 75.1 Å². The Bertz CT molecular complexity index is 1810. The third kappa shape index (κ3) is 5.84. The Morgan fingerprint density at radius 3 is 2.36 bits per heavy atom. The van der Waals surface area contributed by atoms with Gasteiger partial charge in [-0.05, 0) is 105 Å². The number of amides is 2. The standard InChI is InChI=1S/C42H51F3N2O6/c1-37-16-13-30(48)24-39(37)19-20-41(32(25-39)35(49)27-7-5-8-28(23-27)42(43,44)45)33(37)14-17-38(2)34(41)15-18-40(38,51)26-47(21-6-22-52-3)36(50)46-29-9-11-31(53-4)12-10-29/h5,7-12,19-20,23,25,30,33-34,48,51H,6,13-18,21-22,24,26H2,1-4H3,(H,46,50)/t30?,33-,34-,37-,38+,39+,40-,41-/m1/s1. The van der Waals surface area contributed by atoms with Crippen molar-refractivity contribution in [3.8, 4) is 5.75 Å². The summed E-state index contributed by atoms with van der Waals surface area (Å²) in [5.74, 6) is -0.0434. The number of halogens is 3. The van der Waals surface area contributed by atoms with E-state index in [9.17, 15) is 33.0 Å². The lowest BCUT2D eigenvalue weighted by atomic mass is 9.32. The van der Waals surface area contributed by atoms with Gasteiger partial charge in [-0.15, -0.1) is 0 Å². The maximum atomic E-state index is 14.8. The largest absolute Gasteiger partial charge is 0.497 e. The average molecular weight is 737 g/mol. The SMILES string of the molecule is COCCCN(C[C@]1(O)CC[C@H]2[C@]34C=C[C@@]5(C=C3C(=O)c3cccc(C(F)(F)F)c3)CC(O)CC[C@]5(C)[C@H]4CC[C@@]21C)C(=O)Nc1ccc(OC)cc1. The molecule has 2 spiro atoms. The first kappa shape index (κ1) is 37.6. The van der Waals surface area contributed by atoms with Crippen molar-refractivity contribution in [3.05, 3.63) is 83.5 Å². The summed E-state index contributed by atoms with van der Waals surface area (Å²) in [7, 11) is 3.17. The van der Waals surface area contributed by atoms with Crippen LogP contribution in [0.1, 0.15) is 81.1 Å². The topological polar surface area (TPSA) is 108 Å². The van der Waals surface area contributed by atoms with Crippen LogP contribution in [0.5, 0.6) is 5.75 Å². The van der Waals surface area contributed by atoms with Crippen molar-refractivity contribution in [2.24, 2.45) is 33.5 Å². The van der Waals surface area contributed by atoms with Gasteiger partial charge in [0.05, 0.1) is 30.9 Å². The number of carbonyl (C=O) groups is 2. The first-order chi connectivity index (χ1) is 25.1. The molecular formula is C42H51F3N2O6. The molecule has 8 nitrogen and oxygen atoms in total. The summed E-state index contributed by atoms with van der Waals surface area (Å²) >= 11 is 0. The molecule has 6 aliphatic rings. The highest BCUT2D eigenvalue weighted by Crippen LogP contribution is 2.78. The Morgan fingerprint density at radius 2 is 1.66 bits per heavy atom. The van der Waals surface area contributed by atoms with E-state index < -0.39 is 45.5 Å². The highest BCUT2D eigenvalue weighted by Gasteiger charge is 2.74. The van der Waals surface area contributed by atoms with Crippen LogP contribution in [-0.4, -0.2) is 72.5 Å². The summed E-state index contributed by atoms with van der Waals surface area (Å²) in [6, 6.07) is 11.3. The van der Waals surface area contributed by atoms with E-state index in [1.807, 2.05) is 6.08 Å². The highest BCUT2D eigenvalue weighted by atomic mass is 19.4. The number of benzene rings is 2. The molecule has 0 radical (unpaired) electrons. The summed E-state index contributed by atoms with van der Waals surface area (Å²) < 4.78 is 52.2. The van der Waals surface area contributed by atoms with Crippen LogP contribution in [-0.2, 0) is 10.9 Å². The monoisotopic (exact) mass is 736 g/mol. The van der Waals surface area contributed by atoms with Gasteiger partial charge in [0.15, 0.2) is 5.78 Å². The molecule has 2 aromatic rings. The highest BCUT2D eigenvalue weighted by molar-refractivity contribution is 6.10. The number of alkyl halides is 3. The smallest absolute Gasteiger partial charge is 0.416 e. The molecule has 2 bridgehead atoms. The Morgan fingerprint density at radius 1 is 0.962 bits per heavy atom. The predicted molar refractivity (Wildman–Crippen MR) is 194 cm³/mol. The zero-order valence-corrected chi connectivity index (χ0v) is 31.0. The zero-order valence-electron chi connectivity index (χ0n) is 31.0. The summed E-state index contributed by atoms with van der Waals surface area (Å²) in [6.07, 6.45) is 5.81. The molecule has 3 saturated carbocycles. The lowest BCUT2D eigenvalue weighted by Crippen LogP contribution is -2.67. The van der Waals surface area contributed by atoms with Gasteiger partial charge in [0, 0.05) is 53.3 Å². The fourth-order valence-corrected chi connectivity index (χ4v) is 11.4. The zero-order chi connectivity index (χ0) is 38.0. The molecule has 2 amide bonds. The average Bonchev–Trinajstić information content (AvgIpc) is 3.40. The summed E-state index contributed by atoms with van der Waals surface area (Å²) in [5, 5.41) is 26.8. The molecule has 11 heteroatoms. The van der Waals surface area contributed by atoms with Crippen LogP contribution in [0.15, 0.2) is 72.3 Å². The number of urea groups is 1. The van der Waals surface area contributed by atoms with E-state index in [0.717, 1.165) is 18.6 Å². The van der Waals surface area contributed by atoms with E-state index in [1.54, 1.807) is 43.4 Å². The van der Waals surface area contributed by atoms with Gasteiger partial charge < -0.3 is 29.9 Å². The maximum absolute atomic E-state index is 14.8. The number of carbonyl (C=O) groups excluding carboxylic acids is 2. The van der Waals surface area contributed by atoms with Crippen LogP contribution < -0.4 is 10.1 Å². The van der Waals surface area contributed by atoms with E-state index in [2.05, 4.69) is 31.3 Å². The third-order valence-corrected chi connectivity index (χ3v) is 14.3. The van der Waals surface area contributed by atoms with Crippen LogP contribution in [0, 0.1) is 33.5 Å². The Hall–Kier alpha value is -3.67. The Kier molecular flexibility index (Phi) is 9.42. The van der Waals surface area contributed by atoms with Gasteiger partial charge in [-0.3, -0.25) is 4.79 Å². The van der Waals surface area contributed by atoms with Gasteiger partial charge in [0.25, 0.3) is 0 Å². The number of Topliss-reactive ketones (excluding diaryl/α,β-unsaturated/α-hetero) is 1. The lowest BCUT2D eigenvalue weighted by molar-refractivity contribution is -0.174. The number of fused-ring (bicyclic) bond motifs is 1. The second-order valence-electron chi connectivity index (χ2n) is 16.6. The minimum absolute atomic E-state index is 0.0188. The van der Waals surface area contributed by atoms with Gasteiger partial charge in [0.1, 0.15) is 5.75 Å². The van der Waals surface area contributed by atoms with Crippen molar-refractivity contribution in [2.75, 3.05) is 39.2 Å². The number of nitrogens with zero attached hydrogens (tertiary/aromatic N) is 1. The van der Waals surface area contributed by atoms with Gasteiger partial charge in [-0.25, -0.2) is 4.79 Å². The molecule has 8 atom stereocenters. The normalized spacial score (nSPS) is 35.5. The molecule has 286 valence electrons. The third-order valence-electron chi connectivity index (χ3n) is 14.3. The maximum Gasteiger partial charge on any atom is 0.416 e. The second-order valence-corrected chi connectivity index (χ2v) is 16.6. The minimum Gasteiger partial charge on any atom is -0.497 e. The van der Waals surface area contributed by atoms with E-state index in [1.165, 1.54) is 12.1 Å². The first-order valence-electron chi connectivity index (χ1n) is 18.8. The van der Waals surface area contributed by atoms with Crippen molar-refractivity contribution in [1.82, 2.24) is 4.90 Å². The molecule has 0 aliphatic heterocycles. The van der Waals surface area contributed by atoms with Crippen LogP contribution in [0.3, 0.4) is 0 Å². The van der Waals surface area contributed by atoms with Crippen molar-refractivity contribution in [1.29, 1.82) is 0 Å². The number of ether oxygens (including phenoxy) is 2. The van der Waals surface area contributed by atoms with Crippen molar-refractivity contribution < 1.29 is 42.4 Å². The molecule has 3 N–H and O–H groups in total. The quantitative estimate of drug-likeness (QED) is 0.130. The van der Waals surface area contributed by atoms with Crippen LogP contribution in [0.2, 0.25) is 0 Å². The molecular weight excluding hydrogens is 685 g/mol. The molecule has 1 unspecified atom stereocenters. The molecule has 0 saturated heterocycles. The number of anilines is 1. The number of allylic oxidation sites excluding steroid dienone is 4. The summed E-state index contributed by atoms with van der Waals surface area (Å²) in [6.45, 7) is 5.17. The van der Waals surface area contributed by atoms with Gasteiger partial charge in [-0.1, -0.05) is 44.2 Å². The molecule has 3 fully saturated rings. The number of rotatable bonds is 10. The fraction of sp³-hybridized carbons (Fsp3) is 0.571. The van der Waals surface area contributed by atoms with E-state index >= 15 is 0 Å². The van der Waals surface area contributed by atoms with Gasteiger partial charge in [0.2, 0.25) is 0 Å². The first-order valence-corrected chi connectivity index (χ1v) is 18.8. The molecule has 53 heavy (non-hydrogen) atoms. The number of aliphatic hydroxyl groups is 2.